The van der Waals surface area contributed by atoms with Gasteiger partial charge in [0.25, 0.3) is 0 Å². The van der Waals surface area contributed by atoms with Gasteiger partial charge in [0.05, 0.1) is 0 Å². The Labute approximate surface area is 330 Å². The fourth-order valence-corrected chi connectivity index (χ4v) is 7.45. The second-order valence-electron chi connectivity index (χ2n) is 12.6. The number of hydrogen-bond donors (Lipinski definition) is 0. The number of rotatable bonds is 2. The van der Waals surface area contributed by atoms with Crippen LogP contribution in [0.15, 0.2) is 133 Å². The van der Waals surface area contributed by atoms with Crippen LogP contribution in [0.1, 0.15) is 22.3 Å². The van der Waals surface area contributed by atoms with Gasteiger partial charge in [-0.05, 0) is 40.5 Å². The molecule has 8 aromatic carbocycles. The van der Waals surface area contributed by atoms with E-state index in [4.69, 9.17) is 0 Å². The molecule has 0 spiro atoms. The van der Waals surface area contributed by atoms with Gasteiger partial charge in [-0.25, -0.2) is 0 Å². The molecule has 50 heavy (non-hydrogen) atoms. The molecule has 256 valence electrons. The van der Waals surface area contributed by atoms with Gasteiger partial charge in [0, 0.05) is 0 Å². The summed E-state index contributed by atoms with van der Waals surface area (Å²) in [6, 6.07) is 48.0. The maximum absolute atomic E-state index is 2.31. The van der Waals surface area contributed by atoms with Crippen molar-refractivity contribution in [3.05, 3.63) is 156 Å². The number of hydrogen-bond acceptors (Lipinski definition) is 0. The van der Waals surface area contributed by atoms with Crippen molar-refractivity contribution in [1.29, 1.82) is 0 Å². The second-order valence-corrected chi connectivity index (χ2v) is 17.2. The minimum absolute atomic E-state index is 0. The molecule has 0 saturated carbocycles. The molecule has 0 unspecified atom stereocenters. The normalized spacial score (nSPS) is 10.1. The molecule has 0 saturated heterocycles. The van der Waals surface area contributed by atoms with Crippen LogP contribution in [0.3, 0.4) is 0 Å². The third-order valence-electron chi connectivity index (χ3n) is 8.74. The molecular weight excluding hydrogens is 724 g/mol. The van der Waals surface area contributed by atoms with Crippen molar-refractivity contribution in [2.45, 2.75) is 27.7 Å². The summed E-state index contributed by atoms with van der Waals surface area (Å²) < 4.78 is 0. The molecule has 8 rings (SSSR count). The summed E-state index contributed by atoms with van der Waals surface area (Å²) in [5, 5.41) is 14.1. The van der Waals surface area contributed by atoms with Crippen LogP contribution in [0.2, 0.25) is 0 Å². The number of halogens is 2. The van der Waals surface area contributed by atoms with Gasteiger partial charge >= 0.3 is 43.4 Å². The first-order valence-corrected chi connectivity index (χ1v) is 20.5. The SMILES string of the molecule is CP(C)c1cc2ccccc2[cH-]1.CP(C)c1cc2ccccc2[cH-]1.Cc1ccc(C)c2[cH-]ccc12.Cc1ccc(C)c2[cH-]ccc12.[F-].[F-].[Ti+2].[Ti+2]. The molecule has 0 aliphatic carbocycles. The van der Waals surface area contributed by atoms with Crippen LogP contribution < -0.4 is 20.0 Å². The standard InChI is InChI=1S/2C11H12P.2C11H11.2FH.2Ti/c2*1-12(2)11-7-9-5-3-4-6-10(9)8-11;2*1-8-6-7-9(2)11-5-3-4-10(8)11;;;;/h2*3-8H,1-2H3;2*3-7H,1-2H3;2*1H;;/q4*-1;;;2*+2/p-2. The van der Waals surface area contributed by atoms with Crippen LogP contribution in [0, 0.1) is 27.7 Å². The first-order valence-electron chi connectivity index (χ1n) is 16.0. The fraction of sp³-hybridized carbons (Fsp3) is 0.182. The Morgan fingerprint density at radius 1 is 0.440 bits per heavy atom. The predicted octanol–water partition coefficient (Wildman–Crippen LogP) is 6.21. The maximum Gasteiger partial charge on any atom is 2.00 e. The van der Waals surface area contributed by atoms with Gasteiger partial charge in [0.15, 0.2) is 0 Å². The van der Waals surface area contributed by atoms with E-state index in [0.29, 0.717) is 0 Å². The minimum atomic E-state index is 0. The third-order valence-corrected chi connectivity index (χ3v) is 11.3. The van der Waals surface area contributed by atoms with Crippen molar-refractivity contribution in [3.8, 4) is 0 Å². The van der Waals surface area contributed by atoms with Gasteiger partial charge in [-0.1, -0.05) is 49.2 Å². The van der Waals surface area contributed by atoms with Crippen molar-refractivity contribution < 1.29 is 52.8 Å². The first kappa shape index (κ1) is 45.5. The maximum atomic E-state index is 2.31. The van der Waals surface area contributed by atoms with E-state index in [1.807, 2.05) is 0 Å². The largest absolute Gasteiger partial charge is 2.00 e. The average molecular weight is 771 g/mol. The molecule has 0 aliphatic rings. The fourth-order valence-electron chi connectivity index (χ4n) is 5.86. The molecule has 6 heteroatoms. The molecule has 0 fully saturated rings. The zero-order valence-electron chi connectivity index (χ0n) is 30.4. The predicted molar refractivity (Wildman–Crippen MR) is 214 cm³/mol. The van der Waals surface area contributed by atoms with Crippen molar-refractivity contribution in [2.75, 3.05) is 26.7 Å². The summed E-state index contributed by atoms with van der Waals surface area (Å²) in [5.74, 6) is 0. The van der Waals surface area contributed by atoms with E-state index >= 15 is 0 Å². The van der Waals surface area contributed by atoms with E-state index < -0.39 is 0 Å². The smallest absolute Gasteiger partial charge is 1.00 e. The van der Waals surface area contributed by atoms with E-state index in [0.717, 1.165) is 0 Å². The summed E-state index contributed by atoms with van der Waals surface area (Å²) >= 11 is 0. The van der Waals surface area contributed by atoms with Crippen LogP contribution in [-0.2, 0) is 43.4 Å². The van der Waals surface area contributed by atoms with Crippen molar-refractivity contribution >= 4 is 69.5 Å². The second kappa shape index (κ2) is 21.1. The Hall–Kier alpha value is -2.53. The monoisotopic (exact) mass is 770 g/mol. The Bertz CT molecular complexity index is 1880. The van der Waals surface area contributed by atoms with E-state index in [1.165, 1.54) is 76.0 Å². The van der Waals surface area contributed by atoms with Crippen molar-refractivity contribution in [2.24, 2.45) is 0 Å². The van der Waals surface area contributed by atoms with Crippen LogP contribution in [0.25, 0.3) is 43.1 Å². The molecule has 0 atom stereocenters. The summed E-state index contributed by atoms with van der Waals surface area (Å²) in [4.78, 5) is 0. The minimum Gasteiger partial charge on any atom is -1.00 e. The Balaban J connectivity index is 0.000000325. The molecule has 0 radical (unpaired) electrons. The zero-order chi connectivity index (χ0) is 32.8. The molecule has 0 amide bonds. The van der Waals surface area contributed by atoms with Crippen LogP contribution in [0.4, 0.5) is 0 Å². The molecule has 0 aliphatic heterocycles. The molecule has 0 heterocycles. The van der Waals surface area contributed by atoms with Gasteiger partial charge < -0.3 is 9.41 Å². The molecule has 0 nitrogen and oxygen atoms in total. The summed E-state index contributed by atoms with van der Waals surface area (Å²) in [7, 11) is 0.115. The van der Waals surface area contributed by atoms with E-state index in [9.17, 15) is 0 Å². The van der Waals surface area contributed by atoms with Crippen molar-refractivity contribution in [3.63, 3.8) is 0 Å². The average Bonchev–Trinajstić information content (AvgIpc) is 3.87. The van der Waals surface area contributed by atoms with Gasteiger partial charge in [0.1, 0.15) is 0 Å². The van der Waals surface area contributed by atoms with E-state index in [1.54, 1.807) is 0 Å². The van der Waals surface area contributed by atoms with E-state index in [-0.39, 0.29) is 68.7 Å². The van der Waals surface area contributed by atoms with Gasteiger partial charge in [-0.3, -0.25) is 0 Å². The molecule has 0 aromatic heterocycles. The van der Waals surface area contributed by atoms with Crippen LogP contribution in [-0.4, -0.2) is 26.7 Å². The van der Waals surface area contributed by atoms with E-state index in [2.05, 4.69) is 188 Å². The number of benzene rings is 4. The summed E-state index contributed by atoms with van der Waals surface area (Å²) in [6.07, 6.45) is 0. The van der Waals surface area contributed by atoms with Crippen LogP contribution >= 0.6 is 15.8 Å². The quantitative estimate of drug-likeness (QED) is 0.112. The topological polar surface area (TPSA) is 0 Å². The van der Waals surface area contributed by atoms with Gasteiger partial charge in [-0.15, -0.1) is 153 Å². The molecule has 0 N–H and O–H groups in total. The van der Waals surface area contributed by atoms with Gasteiger partial charge in [-0.2, -0.15) is 36.4 Å². The summed E-state index contributed by atoms with van der Waals surface area (Å²) in [5.41, 5.74) is 5.48. The Morgan fingerprint density at radius 2 is 0.780 bits per heavy atom. The van der Waals surface area contributed by atoms with Crippen molar-refractivity contribution in [1.82, 2.24) is 0 Å². The Morgan fingerprint density at radius 3 is 1.10 bits per heavy atom. The molecule has 8 aromatic rings. The van der Waals surface area contributed by atoms with Crippen LogP contribution in [0.5, 0.6) is 0 Å². The van der Waals surface area contributed by atoms with Gasteiger partial charge in [0.2, 0.25) is 0 Å². The number of aryl methyl sites for hydroxylation is 4. The molecular formula is C44H46F2P2Ti2-2. The Kier molecular flexibility index (Phi) is 19.2. The zero-order valence-corrected chi connectivity index (χ0v) is 35.3. The first-order chi connectivity index (χ1) is 22.1. The third kappa shape index (κ3) is 11.2. The summed E-state index contributed by atoms with van der Waals surface area (Å²) in [6.45, 7) is 17.8. The molecule has 0 bridgehead atoms. The number of fused-ring (bicyclic) bond motifs is 4.